The first-order valence-corrected chi connectivity index (χ1v) is 6.35. The van der Waals surface area contributed by atoms with Crippen molar-refractivity contribution >= 4 is 18.3 Å². The number of carbonyl (C=O) groups excluding carboxylic acids is 1. The van der Waals surface area contributed by atoms with Gasteiger partial charge < -0.3 is 24.8 Å². The number of ether oxygens (including phenoxy) is 3. The molecule has 1 fully saturated rings. The number of hydrogen-bond donors (Lipinski definition) is 1. The molecule has 6 nitrogen and oxygen atoms in total. The lowest BCUT2D eigenvalue weighted by molar-refractivity contribution is -0.144. The van der Waals surface area contributed by atoms with Crippen molar-refractivity contribution in [1.29, 1.82) is 0 Å². The van der Waals surface area contributed by atoms with E-state index in [9.17, 15) is 4.79 Å². The zero-order valence-electron chi connectivity index (χ0n) is 11.7. The van der Waals surface area contributed by atoms with Crippen molar-refractivity contribution in [3.05, 3.63) is 0 Å². The zero-order valence-corrected chi connectivity index (χ0v) is 12.5. The van der Waals surface area contributed by atoms with Crippen LogP contribution >= 0.6 is 12.4 Å². The SMILES string of the molecule is COCCN(CCOC)C(=O)[C@@H]1CC[C@H](CN)O1.Cl. The molecule has 0 aliphatic carbocycles. The summed E-state index contributed by atoms with van der Waals surface area (Å²) in [6.45, 7) is 2.63. The third kappa shape index (κ3) is 6.05. The monoisotopic (exact) mass is 296 g/mol. The van der Waals surface area contributed by atoms with Crippen molar-refractivity contribution in [1.82, 2.24) is 4.90 Å². The summed E-state index contributed by atoms with van der Waals surface area (Å²) in [6.07, 6.45) is 1.27. The molecular formula is C12H25ClN2O4. The van der Waals surface area contributed by atoms with Crippen molar-refractivity contribution in [2.45, 2.75) is 25.0 Å². The van der Waals surface area contributed by atoms with Gasteiger partial charge in [0, 0.05) is 33.9 Å². The molecule has 114 valence electrons. The van der Waals surface area contributed by atoms with Gasteiger partial charge in [-0.25, -0.2) is 0 Å². The third-order valence-corrected chi connectivity index (χ3v) is 3.09. The fourth-order valence-corrected chi connectivity index (χ4v) is 2.00. The molecule has 2 N–H and O–H groups in total. The van der Waals surface area contributed by atoms with Crippen LogP contribution in [0.3, 0.4) is 0 Å². The zero-order chi connectivity index (χ0) is 13.4. The second-order valence-electron chi connectivity index (χ2n) is 4.37. The van der Waals surface area contributed by atoms with E-state index in [2.05, 4.69) is 0 Å². The molecule has 0 aromatic rings. The van der Waals surface area contributed by atoms with Crippen LogP contribution in [-0.2, 0) is 19.0 Å². The van der Waals surface area contributed by atoms with E-state index < -0.39 is 0 Å². The minimum atomic E-state index is -0.354. The van der Waals surface area contributed by atoms with Gasteiger partial charge in [-0.3, -0.25) is 4.79 Å². The van der Waals surface area contributed by atoms with Crippen LogP contribution in [0.25, 0.3) is 0 Å². The highest BCUT2D eigenvalue weighted by Crippen LogP contribution is 2.20. The van der Waals surface area contributed by atoms with E-state index in [0.717, 1.165) is 12.8 Å². The Morgan fingerprint density at radius 3 is 2.26 bits per heavy atom. The molecule has 7 heteroatoms. The Labute approximate surface area is 121 Å². The van der Waals surface area contributed by atoms with Crippen molar-refractivity contribution < 1.29 is 19.0 Å². The quantitative estimate of drug-likeness (QED) is 0.684. The average Bonchev–Trinajstić information content (AvgIpc) is 2.87. The standard InChI is InChI=1S/C12H24N2O4.ClH/c1-16-7-5-14(6-8-17-2)12(15)11-4-3-10(9-13)18-11;/h10-11H,3-9,13H2,1-2H3;1H/t10-,11+;/m1./s1. The van der Waals surface area contributed by atoms with Crippen molar-refractivity contribution in [2.75, 3.05) is 47.1 Å². The molecule has 0 saturated carbocycles. The van der Waals surface area contributed by atoms with Crippen LogP contribution in [0.4, 0.5) is 0 Å². The van der Waals surface area contributed by atoms with Crippen LogP contribution in [0.2, 0.25) is 0 Å². The summed E-state index contributed by atoms with van der Waals surface area (Å²) in [7, 11) is 3.24. The van der Waals surface area contributed by atoms with Gasteiger partial charge in [0.05, 0.1) is 19.3 Å². The molecule has 1 amide bonds. The van der Waals surface area contributed by atoms with Crippen LogP contribution in [-0.4, -0.2) is 70.1 Å². The maximum atomic E-state index is 12.3. The number of hydrogen-bond acceptors (Lipinski definition) is 5. The van der Waals surface area contributed by atoms with Crippen LogP contribution in [0.15, 0.2) is 0 Å². The average molecular weight is 297 g/mol. The number of carbonyl (C=O) groups is 1. The van der Waals surface area contributed by atoms with E-state index in [-0.39, 0.29) is 30.5 Å². The molecule has 1 aliphatic rings. The van der Waals surface area contributed by atoms with Gasteiger partial charge in [-0.15, -0.1) is 12.4 Å². The minimum absolute atomic E-state index is 0. The lowest BCUT2D eigenvalue weighted by Gasteiger charge is -2.25. The van der Waals surface area contributed by atoms with E-state index in [0.29, 0.717) is 32.8 Å². The predicted molar refractivity (Wildman–Crippen MR) is 74.5 cm³/mol. The lowest BCUT2D eigenvalue weighted by atomic mass is 10.2. The summed E-state index contributed by atoms with van der Waals surface area (Å²) in [5.41, 5.74) is 5.54. The van der Waals surface area contributed by atoms with E-state index >= 15 is 0 Å². The second kappa shape index (κ2) is 10.4. The highest BCUT2D eigenvalue weighted by Gasteiger charge is 2.32. The summed E-state index contributed by atoms with van der Waals surface area (Å²) in [5.74, 6) is 0.0139. The molecule has 0 unspecified atom stereocenters. The highest BCUT2D eigenvalue weighted by molar-refractivity contribution is 5.85. The molecule has 1 heterocycles. The Kier molecular flexibility index (Phi) is 10.2. The Morgan fingerprint density at radius 2 is 1.84 bits per heavy atom. The molecule has 0 bridgehead atoms. The van der Waals surface area contributed by atoms with Crippen LogP contribution < -0.4 is 5.73 Å². The van der Waals surface area contributed by atoms with E-state index in [1.54, 1.807) is 19.1 Å². The lowest BCUT2D eigenvalue weighted by Crippen LogP contribution is -2.43. The number of rotatable bonds is 8. The summed E-state index contributed by atoms with van der Waals surface area (Å²) in [6, 6.07) is 0. The Balaban J connectivity index is 0.00000324. The molecule has 2 atom stereocenters. The molecule has 1 aliphatic heterocycles. The summed E-state index contributed by atoms with van der Waals surface area (Å²) >= 11 is 0. The van der Waals surface area contributed by atoms with Gasteiger partial charge >= 0.3 is 0 Å². The number of amides is 1. The maximum Gasteiger partial charge on any atom is 0.251 e. The summed E-state index contributed by atoms with van der Waals surface area (Å²) in [4.78, 5) is 14.0. The first kappa shape index (κ1) is 18.6. The molecule has 19 heavy (non-hydrogen) atoms. The van der Waals surface area contributed by atoms with E-state index in [1.807, 2.05) is 0 Å². The highest BCUT2D eigenvalue weighted by atomic mass is 35.5. The number of halogens is 1. The number of nitrogens with two attached hydrogens (primary N) is 1. The van der Waals surface area contributed by atoms with Gasteiger partial charge in [0.1, 0.15) is 6.10 Å². The molecule has 0 spiro atoms. The van der Waals surface area contributed by atoms with Crippen LogP contribution in [0.5, 0.6) is 0 Å². The van der Waals surface area contributed by atoms with Crippen LogP contribution in [0, 0.1) is 0 Å². The van der Waals surface area contributed by atoms with Crippen molar-refractivity contribution in [2.24, 2.45) is 5.73 Å². The van der Waals surface area contributed by atoms with Gasteiger partial charge in [-0.1, -0.05) is 0 Å². The Bertz CT molecular complexity index is 248. The molecule has 0 radical (unpaired) electrons. The molecule has 1 saturated heterocycles. The normalized spacial score (nSPS) is 22.1. The Hall–Kier alpha value is -0.400. The number of nitrogens with zero attached hydrogens (tertiary/aromatic N) is 1. The maximum absolute atomic E-state index is 12.3. The minimum Gasteiger partial charge on any atom is -0.383 e. The first-order chi connectivity index (χ1) is 8.72. The summed E-state index contributed by atoms with van der Waals surface area (Å²) in [5, 5.41) is 0. The fraction of sp³-hybridized carbons (Fsp3) is 0.917. The molecule has 1 rings (SSSR count). The van der Waals surface area contributed by atoms with Gasteiger partial charge in [0.25, 0.3) is 5.91 Å². The topological polar surface area (TPSA) is 74.0 Å². The Morgan fingerprint density at radius 1 is 1.26 bits per heavy atom. The molecular weight excluding hydrogens is 272 g/mol. The molecule has 0 aromatic heterocycles. The third-order valence-electron chi connectivity index (χ3n) is 3.09. The fourth-order valence-electron chi connectivity index (χ4n) is 2.00. The van der Waals surface area contributed by atoms with Crippen LogP contribution in [0.1, 0.15) is 12.8 Å². The smallest absolute Gasteiger partial charge is 0.251 e. The van der Waals surface area contributed by atoms with Crippen molar-refractivity contribution in [3.63, 3.8) is 0 Å². The number of methoxy groups -OCH3 is 2. The van der Waals surface area contributed by atoms with Gasteiger partial charge in [-0.2, -0.15) is 0 Å². The summed E-state index contributed by atoms with van der Waals surface area (Å²) < 4.78 is 15.6. The largest absolute Gasteiger partial charge is 0.383 e. The second-order valence-corrected chi connectivity index (χ2v) is 4.37. The van der Waals surface area contributed by atoms with E-state index in [1.165, 1.54) is 0 Å². The molecule has 0 aromatic carbocycles. The van der Waals surface area contributed by atoms with Gasteiger partial charge in [0.2, 0.25) is 0 Å². The van der Waals surface area contributed by atoms with E-state index in [4.69, 9.17) is 19.9 Å². The first-order valence-electron chi connectivity index (χ1n) is 6.35. The van der Waals surface area contributed by atoms with Crippen molar-refractivity contribution in [3.8, 4) is 0 Å². The van der Waals surface area contributed by atoms with Gasteiger partial charge in [0.15, 0.2) is 0 Å². The van der Waals surface area contributed by atoms with Gasteiger partial charge in [-0.05, 0) is 12.8 Å². The predicted octanol–water partition coefficient (Wildman–Crippen LogP) is 0.0359.